The SMILES string of the molecule is CC(C)c1cccc(N2CCC(N)CC2)c1. The highest BCUT2D eigenvalue weighted by Crippen LogP contribution is 2.23. The standard InChI is InChI=1S/C14H22N2/c1-11(2)12-4-3-5-14(10-12)16-8-6-13(15)7-9-16/h3-5,10-11,13H,6-9,15H2,1-2H3. The van der Waals surface area contributed by atoms with Crippen molar-refractivity contribution in [3.63, 3.8) is 0 Å². The molecule has 2 rings (SSSR count). The van der Waals surface area contributed by atoms with Crippen LogP contribution < -0.4 is 10.6 Å². The van der Waals surface area contributed by atoms with Gasteiger partial charge in [0.2, 0.25) is 0 Å². The molecule has 1 aliphatic heterocycles. The Morgan fingerprint density at radius 1 is 1.25 bits per heavy atom. The van der Waals surface area contributed by atoms with E-state index in [2.05, 4.69) is 43.0 Å². The number of anilines is 1. The minimum Gasteiger partial charge on any atom is -0.371 e. The molecule has 1 saturated heterocycles. The van der Waals surface area contributed by atoms with Crippen molar-refractivity contribution in [3.8, 4) is 0 Å². The molecule has 1 aliphatic rings. The highest BCUT2D eigenvalue weighted by molar-refractivity contribution is 5.49. The molecule has 2 heteroatoms. The van der Waals surface area contributed by atoms with Crippen molar-refractivity contribution >= 4 is 5.69 Å². The van der Waals surface area contributed by atoms with E-state index in [1.54, 1.807) is 0 Å². The predicted molar refractivity (Wildman–Crippen MR) is 70.0 cm³/mol. The molecule has 2 N–H and O–H groups in total. The van der Waals surface area contributed by atoms with Gasteiger partial charge in [-0.2, -0.15) is 0 Å². The summed E-state index contributed by atoms with van der Waals surface area (Å²) in [6.07, 6.45) is 2.23. The van der Waals surface area contributed by atoms with E-state index < -0.39 is 0 Å². The second-order valence-corrected chi connectivity index (χ2v) is 5.07. The van der Waals surface area contributed by atoms with E-state index in [-0.39, 0.29) is 0 Å². The minimum atomic E-state index is 0.407. The zero-order valence-corrected chi connectivity index (χ0v) is 10.3. The number of nitrogens with two attached hydrogens (primary N) is 1. The third-order valence-electron chi connectivity index (χ3n) is 3.44. The second-order valence-electron chi connectivity index (χ2n) is 5.07. The summed E-state index contributed by atoms with van der Waals surface area (Å²) in [5.41, 5.74) is 8.71. The number of benzene rings is 1. The summed E-state index contributed by atoms with van der Waals surface area (Å²) >= 11 is 0. The summed E-state index contributed by atoms with van der Waals surface area (Å²) in [7, 11) is 0. The van der Waals surface area contributed by atoms with Crippen molar-refractivity contribution < 1.29 is 0 Å². The quantitative estimate of drug-likeness (QED) is 0.827. The number of rotatable bonds is 2. The maximum absolute atomic E-state index is 5.93. The fraction of sp³-hybridized carbons (Fsp3) is 0.571. The fourth-order valence-electron chi connectivity index (χ4n) is 2.24. The van der Waals surface area contributed by atoms with E-state index in [4.69, 9.17) is 5.73 Å². The zero-order chi connectivity index (χ0) is 11.5. The van der Waals surface area contributed by atoms with Gasteiger partial charge in [0.15, 0.2) is 0 Å². The van der Waals surface area contributed by atoms with Crippen LogP contribution in [0.25, 0.3) is 0 Å². The van der Waals surface area contributed by atoms with E-state index in [0.717, 1.165) is 25.9 Å². The number of nitrogens with zero attached hydrogens (tertiary/aromatic N) is 1. The largest absolute Gasteiger partial charge is 0.371 e. The third kappa shape index (κ3) is 2.56. The first-order valence-electron chi connectivity index (χ1n) is 6.27. The van der Waals surface area contributed by atoms with Crippen molar-refractivity contribution in [2.24, 2.45) is 5.73 Å². The molecule has 0 amide bonds. The summed E-state index contributed by atoms with van der Waals surface area (Å²) in [4.78, 5) is 2.45. The minimum absolute atomic E-state index is 0.407. The van der Waals surface area contributed by atoms with Crippen LogP contribution >= 0.6 is 0 Å². The first kappa shape index (κ1) is 11.5. The summed E-state index contributed by atoms with van der Waals surface area (Å²) < 4.78 is 0. The first-order chi connectivity index (χ1) is 7.66. The highest BCUT2D eigenvalue weighted by Gasteiger charge is 2.16. The van der Waals surface area contributed by atoms with Gasteiger partial charge in [-0.3, -0.25) is 0 Å². The van der Waals surface area contributed by atoms with E-state index in [9.17, 15) is 0 Å². The molecule has 16 heavy (non-hydrogen) atoms. The maximum atomic E-state index is 5.93. The Hall–Kier alpha value is -1.02. The van der Waals surface area contributed by atoms with Crippen molar-refractivity contribution in [2.75, 3.05) is 18.0 Å². The molecule has 88 valence electrons. The van der Waals surface area contributed by atoms with Crippen LogP contribution in [0.5, 0.6) is 0 Å². The van der Waals surface area contributed by atoms with Gasteiger partial charge in [-0.25, -0.2) is 0 Å². The van der Waals surface area contributed by atoms with Gasteiger partial charge in [-0.1, -0.05) is 26.0 Å². The lowest BCUT2D eigenvalue weighted by atomic mass is 10.0. The summed E-state index contributed by atoms with van der Waals surface area (Å²) in [5.74, 6) is 0.604. The highest BCUT2D eigenvalue weighted by atomic mass is 15.1. The average Bonchev–Trinajstić information content (AvgIpc) is 2.30. The molecule has 2 nitrogen and oxygen atoms in total. The lowest BCUT2D eigenvalue weighted by molar-refractivity contribution is 0.501. The Bertz CT molecular complexity index is 338. The predicted octanol–water partition coefficient (Wildman–Crippen LogP) is 2.74. The normalized spacial score (nSPS) is 18.1. The summed E-state index contributed by atoms with van der Waals surface area (Å²) in [6.45, 7) is 6.68. The van der Waals surface area contributed by atoms with Crippen LogP contribution in [-0.2, 0) is 0 Å². The Morgan fingerprint density at radius 3 is 2.56 bits per heavy atom. The van der Waals surface area contributed by atoms with Gasteiger partial charge >= 0.3 is 0 Å². The van der Waals surface area contributed by atoms with Gasteiger partial charge in [0.05, 0.1) is 0 Å². The lowest BCUT2D eigenvalue weighted by Gasteiger charge is -2.32. The van der Waals surface area contributed by atoms with Crippen molar-refractivity contribution in [1.82, 2.24) is 0 Å². The third-order valence-corrected chi connectivity index (χ3v) is 3.44. The topological polar surface area (TPSA) is 29.3 Å². The van der Waals surface area contributed by atoms with E-state index in [1.807, 2.05) is 0 Å². The molecule has 0 spiro atoms. The number of piperidine rings is 1. The first-order valence-corrected chi connectivity index (χ1v) is 6.27. The zero-order valence-electron chi connectivity index (χ0n) is 10.3. The molecular weight excluding hydrogens is 196 g/mol. The van der Waals surface area contributed by atoms with Crippen LogP contribution in [0, 0.1) is 0 Å². The van der Waals surface area contributed by atoms with Crippen LogP contribution in [-0.4, -0.2) is 19.1 Å². The smallest absolute Gasteiger partial charge is 0.0369 e. The number of hydrogen-bond donors (Lipinski definition) is 1. The molecule has 1 aromatic carbocycles. The van der Waals surface area contributed by atoms with Gasteiger partial charge in [-0.15, -0.1) is 0 Å². The molecule has 0 atom stereocenters. The molecule has 1 fully saturated rings. The van der Waals surface area contributed by atoms with Gasteiger partial charge in [0, 0.05) is 24.8 Å². The molecule has 0 unspecified atom stereocenters. The molecule has 1 heterocycles. The molecule has 0 aliphatic carbocycles. The molecular formula is C14H22N2. The van der Waals surface area contributed by atoms with Crippen LogP contribution in [0.1, 0.15) is 38.2 Å². The Balaban J connectivity index is 2.11. The molecule has 0 radical (unpaired) electrons. The fourth-order valence-corrected chi connectivity index (χ4v) is 2.24. The van der Waals surface area contributed by atoms with Crippen molar-refractivity contribution in [3.05, 3.63) is 29.8 Å². The van der Waals surface area contributed by atoms with E-state index >= 15 is 0 Å². The van der Waals surface area contributed by atoms with Gasteiger partial charge < -0.3 is 10.6 Å². The summed E-state index contributed by atoms with van der Waals surface area (Å²) in [6, 6.07) is 9.32. The second kappa shape index (κ2) is 4.88. The molecule has 0 saturated carbocycles. The van der Waals surface area contributed by atoms with Crippen LogP contribution in [0.4, 0.5) is 5.69 Å². The van der Waals surface area contributed by atoms with E-state index in [1.165, 1.54) is 11.3 Å². The van der Waals surface area contributed by atoms with Crippen molar-refractivity contribution in [1.29, 1.82) is 0 Å². The Labute approximate surface area is 98.4 Å². The molecule has 0 aromatic heterocycles. The summed E-state index contributed by atoms with van der Waals surface area (Å²) in [5, 5.41) is 0. The van der Waals surface area contributed by atoms with Gasteiger partial charge in [-0.05, 0) is 36.5 Å². The Morgan fingerprint density at radius 2 is 1.94 bits per heavy atom. The number of hydrogen-bond acceptors (Lipinski definition) is 2. The monoisotopic (exact) mass is 218 g/mol. The van der Waals surface area contributed by atoms with Gasteiger partial charge in [0.25, 0.3) is 0 Å². The van der Waals surface area contributed by atoms with Crippen LogP contribution in [0.3, 0.4) is 0 Å². The van der Waals surface area contributed by atoms with Crippen LogP contribution in [0.15, 0.2) is 24.3 Å². The van der Waals surface area contributed by atoms with E-state index in [0.29, 0.717) is 12.0 Å². The average molecular weight is 218 g/mol. The van der Waals surface area contributed by atoms with Crippen LogP contribution in [0.2, 0.25) is 0 Å². The van der Waals surface area contributed by atoms with Gasteiger partial charge in [0.1, 0.15) is 0 Å². The molecule has 1 aromatic rings. The maximum Gasteiger partial charge on any atom is 0.0369 e. The molecule has 0 bridgehead atoms. The van der Waals surface area contributed by atoms with Crippen molar-refractivity contribution in [2.45, 2.75) is 38.6 Å². The lowest BCUT2D eigenvalue weighted by Crippen LogP contribution is -2.39. The Kier molecular flexibility index (Phi) is 3.49.